The minimum atomic E-state index is -0.268. The molecular weight excluding hydrogens is 388 g/mol. The second-order valence-corrected chi connectivity index (χ2v) is 7.59. The molecule has 3 amide bonds. The highest BCUT2D eigenvalue weighted by molar-refractivity contribution is 6.00. The summed E-state index contributed by atoms with van der Waals surface area (Å²) in [4.78, 5) is 29.0. The van der Waals surface area contributed by atoms with Gasteiger partial charge in [-0.15, -0.1) is 0 Å². The van der Waals surface area contributed by atoms with Gasteiger partial charge in [-0.1, -0.05) is 36.4 Å². The molecule has 1 saturated heterocycles. The van der Waals surface area contributed by atoms with Gasteiger partial charge >= 0.3 is 6.03 Å². The van der Waals surface area contributed by atoms with Gasteiger partial charge in [0.1, 0.15) is 0 Å². The normalized spacial score (nSPS) is 13.6. The van der Waals surface area contributed by atoms with E-state index in [9.17, 15) is 9.59 Å². The molecule has 31 heavy (non-hydrogen) atoms. The lowest BCUT2D eigenvalue weighted by atomic mass is 10.1. The van der Waals surface area contributed by atoms with Crippen LogP contribution in [0.15, 0.2) is 78.9 Å². The summed E-state index contributed by atoms with van der Waals surface area (Å²) >= 11 is 0. The van der Waals surface area contributed by atoms with Gasteiger partial charge in [0.05, 0.1) is 0 Å². The van der Waals surface area contributed by atoms with Gasteiger partial charge in [-0.05, 0) is 55.0 Å². The smallest absolute Gasteiger partial charge is 0.323 e. The molecule has 3 aromatic carbocycles. The Hall–Kier alpha value is -3.80. The molecule has 0 radical (unpaired) electrons. The lowest BCUT2D eigenvalue weighted by Gasteiger charge is -2.36. The highest BCUT2D eigenvalue weighted by Crippen LogP contribution is 2.21. The summed E-state index contributed by atoms with van der Waals surface area (Å²) in [5.41, 5.74) is 4.34. The topological polar surface area (TPSA) is 64.7 Å². The molecule has 0 unspecified atom stereocenters. The lowest BCUT2D eigenvalue weighted by molar-refractivity contribution is 0.0747. The number of rotatable bonds is 4. The van der Waals surface area contributed by atoms with Crippen LogP contribution in [-0.2, 0) is 0 Å². The van der Waals surface area contributed by atoms with Crippen LogP contribution < -0.4 is 15.5 Å². The van der Waals surface area contributed by atoms with E-state index in [0.717, 1.165) is 41.3 Å². The van der Waals surface area contributed by atoms with Gasteiger partial charge < -0.3 is 20.4 Å². The molecule has 1 aliphatic rings. The zero-order valence-electron chi connectivity index (χ0n) is 17.5. The van der Waals surface area contributed by atoms with Crippen molar-refractivity contribution in [2.24, 2.45) is 0 Å². The summed E-state index contributed by atoms with van der Waals surface area (Å²) in [5, 5.41) is 5.73. The number of piperazine rings is 1. The average Bonchev–Trinajstić information content (AvgIpc) is 2.81. The minimum Gasteiger partial charge on any atom is -0.368 e. The van der Waals surface area contributed by atoms with Crippen molar-refractivity contribution in [2.75, 3.05) is 41.7 Å². The van der Waals surface area contributed by atoms with Crippen LogP contribution in [0.4, 0.5) is 21.9 Å². The molecule has 3 aromatic rings. The van der Waals surface area contributed by atoms with Gasteiger partial charge in [0.2, 0.25) is 0 Å². The summed E-state index contributed by atoms with van der Waals surface area (Å²) in [6, 6.07) is 24.6. The van der Waals surface area contributed by atoms with Crippen molar-refractivity contribution in [1.82, 2.24) is 4.90 Å². The average molecular weight is 415 g/mol. The summed E-state index contributed by atoms with van der Waals surface area (Å²) in [7, 11) is 0. The largest absolute Gasteiger partial charge is 0.368 e. The summed E-state index contributed by atoms with van der Waals surface area (Å²) in [6.45, 7) is 4.88. The van der Waals surface area contributed by atoms with Crippen LogP contribution in [0.1, 0.15) is 15.9 Å². The first-order valence-corrected chi connectivity index (χ1v) is 10.4. The quantitative estimate of drug-likeness (QED) is 0.656. The molecule has 1 heterocycles. The van der Waals surface area contributed by atoms with Crippen molar-refractivity contribution in [3.8, 4) is 0 Å². The highest BCUT2D eigenvalue weighted by Gasteiger charge is 2.22. The number of benzene rings is 3. The Morgan fingerprint density at radius 1 is 0.742 bits per heavy atom. The third-order valence-corrected chi connectivity index (χ3v) is 5.47. The molecule has 0 spiro atoms. The third kappa shape index (κ3) is 5.04. The third-order valence-electron chi connectivity index (χ3n) is 5.47. The Bertz CT molecular complexity index is 1040. The maximum absolute atomic E-state index is 12.6. The maximum Gasteiger partial charge on any atom is 0.323 e. The fourth-order valence-electron chi connectivity index (χ4n) is 3.68. The Kier molecular flexibility index (Phi) is 6.17. The Morgan fingerprint density at radius 3 is 2.06 bits per heavy atom. The van der Waals surface area contributed by atoms with Crippen LogP contribution in [-0.4, -0.2) is 43.0 Å². The molecule has 6 nitrogen and oxygen atoms in total. The second-order valence-electron chi connectivity index (χ2n) is 7.59. The molecule has 2 N–H and O–H groups in total. The van der Waals surface area contributed by atoms with Crippen molar-refractivity contribution < 1.29 is 9.59 Å². The first kappa shape index (κ1) is 20.5. The molecular formula is C25H26N4O2. The number of nitrogens with one attached hydrogen (secondary N) is 2. The molecule has 158 valence electrons. The van der Waals surface area contributed by atoms with Crippen molar-refractivity contribution in [1.29, 1.82) is 0 Å². The van der Waals surface area contributed by atoms with E-state index < -0.39 is 0 Å². The first-order valence-electron chi connectivity index (χ1n) is 10.4. The minimum absolute atomic E-state index is 0.0828. The first-order chi connectivity index (χ1) is 15.1. The van der Waals surface area contributed by atoms with E-state index >= 15 is 0 Å². The molecule has 0 atom stereocenters. The van der Waals surface area contributed by atoms with E-state index in [1.54, 1.807) is 0 Å². The molecule has 0 aliphatic carbocycles. The van der Waals surface area contributed by atoms with Crippen molar-refractivity contribution in [3.63, 3.8) is 0 Å². The summed E-state index contributed by atoms with van der Waals surface area (Å²) in [6.07, 6.45) is 0. The molecule has 0 aromatic heterocycles. The predicted octanol–water partition coefficient (Wildman–Crippen LogP) is 4.60. The Balaban J connectivity index is 1.30. The summed E-state index contributed by atoms with van der Waals surface area (Å²) < 4.78 is 0. The van der Waals surface area contributed by atoms with Crippen molar-refractivity contribution in [3.05, 3.63) is 90.0 Å². The number of urea groups is 1. The van der Waals surface area contributed by atoms with Crippen LogP contribution in [0, 0.1) is 6.92 Å². The SMILES string of the molecule is Cc1ccccc1NC(=O)Nc1ccc(N2CCN(C(=O)c3ccccc3)CC2)cc1. The predicted molar refractivity (Wildman–Crippen MR) is 125 cm³/mol. The molecule has 6 heteroatoms. The molecule has 1 aliphatic heterocycles. The van der Waals surface area contributed by atoms with Crippen LogP contribution in [0.3, 0.4) is 0 Å². The van der Waals surface area contributed by atoms with Gasteiger partial charge in [-0.3, -0.25) is 4.79 Å². The number of para-hydroxylation sites is 1. The van der Waals surface area contributed by atoms with Gasteiger partial charge in [0.25, 0.3) is 5.91 Å². The number of hydrogen-bond acceptors (Lipinski definition) is 3. The van der Waals surface area contributed by atoms with E-state index in [1.807, 2.05) is 90.7 Å². The number of carbonyl (C=O) groups excluding carboxylic acids is 2. The molecule has 1 fully saturated rings. The number of hydrogen-bond donors (Lipinski definition) is 2. The van der Waals surface area contributed by atoms with Gasteiger partial charge in [0.15, 0.2) is 0 Å². The standard InChI is InChI=1S/C25H26N4O2/c1-19-7-5-6-10-23(19)27-25(31)26-21-11-13-22(14-12-21)28-15-17-29(18-16-28)24(30)20-8-3-2-4-9-20/h2-14H,15-18H2,1H3,(H2,26,27,31). The molecule has 0 bridgehead atoms. The highest BCUT2D eigenvalue weighted by atomic mass is 16.2. The lowest BCUT2D eigenvalue weighted by Crippen LogP contribution is -2.48. The van der Waals surface area contributed by atoms with E-state index in [-0.39, 0.29) is 11.9 Å². The van der Waals surface area contributed by atoms with E-state index in [4.69, 9.17) is 0 Å². The van der Waals surface area contributed by atoms with E-state index in [2.05, 4.69) is 15.5 Å². The fraction of sp³-hybridized carbons (Fsp3) is 0.200. The van der Waals surface area contributed by atoms with Gasteiger partial charge in [-0.25, -0.2) is 4.79 Å². The van der Waals surface area contributed by atoms with Crippen LogP contribution in [0.25, 0.3) is 0 Å². The number of amides is 3. The van der Waals surface area contributed by atoms with Crippen LogP contribution in [0.5, 0.6) is 0 Å². The number of anilines is 3. The summed E-state index contributed by atoms with van der Waals surface area (Å²) in [5.74, 6) is 0.0828. The fourth-order valence-corrected chi connectivity index (χ4v) is 3.68. The zero-order valence-corrected chi connectivity index (χ0v) is 17.5. The number of nitrogens with zero attached hydrogens (tertiary/aromatic N) is 2. The number of aryl methyl sites for hydroxylation is 1. The van der Waals surface area contributed by atoms with Gasteiger partial charge in [-0.2, -0.15) is 0 Å². The Morgan fingerprint density at radius 2 is 1.39 bits per heavy atom. The van der Waals surface area contributed by atoms with E-state index in [1.165, 1.54) is 0 Å². The monoisotopic (exact) mass is 414 g/mol. The van der Waals surface area contributed by atoms with Gasteiger partial charge in [0, 0.05) is 48.8 Å². The number of carbonyl (C=O) groups is 2. The second kappa shape index (κ2) is 9.34. The van der Waals surface area contributed by atoms with E-state index in [0.29, 0.717) is 13.1 Å². The molecule has 4 rings (SSSR count). The van der Waals surface area contributed by atoms with Crippen LogP contribution in [0.2, 0.25) is 0 Å². The zero-order chi connectivity index (χ0) is 21.6. The van der Waals surface area contributed by atoms with Crippen LogP contribution >= 0.6 is 0 Å². The van der Waals surface area contributed by atoms with Crippen molar-refractivity contribution in [2.45, 2.75) is 6.92 Å². The maximum atomic E-state index is 12.6. The van der Waals surface area contributed by atoms with Crippen molar-refractivity contribution >= 4 is 29.0 Å². The Labute approximate surface area is 182 Å². The molecule has 0 saturated carbocycles.